The molecule has 1 unspecified atom stereocenters. The van der Waals surface area contributed by atoms with Crippen LogP contribution in [0.3, 0.4) is 0 Å². The first-order valence-corrected chi connectivity index (χ1v) is 5.15. The molecule has 2 nitrogen and oxygen atoms in total. The summed E-state index contributed by atoms with van der Waals surface area (Å²) in [6.07, 6.45) is 0. The number of amidine groups is 1. The van der Waals surface area contributed by atoms with Gasteiger partial charge in [-0.05, 0) is 19.4 Å². The summed E-state index contributed by atoms with van der Waals surface area (Å²) in [5, 5.41) is 0. The summed E-state index contributed by atoms with van der Waals surface area (Å²) in [6.45, 7) is 6.21. The highest BCUT2D eigenvalue weighted by molar-refractivity contribution is 5.81. The second-order valence-electron chi connectivity index (χ2n) is 3.60. The second kappa shape index (κ2) is 3.82. The lowest BCUT2D eigenvalue weighted by molar-refractivity contribution is 0.366. The summed E-state index contributed by atoms with van der Waals surface area (Å²) in [6, 6.07) is 11.1. The average molecular weight is 188 g/mol. The van der Waals surface area contributed by atoms with Crippen molar-refractivity contribution in [1.29, 1.82) is 0 Å². The van der Waals surface area contributed by atoms with Crippen LogP contribution in [0.4, 0.5) is 0 Å². The van der Waals surface area contributed by atoms with Crippen LogP contribution in [-0.4, -0.2) is 23.8 Å². The Hall–Kier alpha value is -1.31. The van der Waals surface area contributed by atoms with Gasteiger partial charge in [0.15, 0.2) is 0 Å². The molecular weight excluding hydrogens is 172 g/mol. The predicted octanol–water partition coefficient (Wildman–Crippen LogP) is 2.48. The van der Waals surface area contributed by atoms with E-state index in [1.54, 1.807) is 0 Å². The van der Waals surface area contributed by atoms with E-state index in [1.165, 1.54) is 11.4 Å². The zero-order chi connectivity index (χ0) is 9.97. The van der Waals surface area contributed by atoms with E-state index in [4.69, 9.17) is 0 Å². The molecule has 1 atom stereocenters. The van der Waals surface area contributed by atoms with E-state index in [1.807, 2.05) is 0 Å². The van der Waals surface area contributed by atoms with Gasteiger partial charge in [0.1, 0.15) is 0 Å². The van der Waals surface area contributed by atoms with E-state index >= 15 is 0 Å². The van der Waals surface area contributed by atoms with Crippen molar-refractivity contribution in [2.24, 2.45) is 4.99 Å². The zero-order valence-corrected chi connectivity index (χ0v) is 8.77. The van der Waals surface area contributed by atoms with Crippen molar-refractivity contribution in [2.45, 2.75) is 19.9 Å². The molecule has 0 aromatic heterocycles. The Balaban J connectivity index is 2.22. The summed E-state index contributed by atoms with van der Waals surface area (Å²) >= 11 is 0. The number of hydrogen-bond donors (Lipinski definition) is 0. The van der Waals surface area contributed by atoms with Gasteiger partial charge in [-0.15, -0.1) is 0 Å². The molecule has 0 fully saturated rings. The molecule has 74 valence electrons. The maximum atomic E-state index is 4.49. The third-order valence-corrected chi connectivity index (χ3v) is 2.81. The highest BCUT2D eigenvalue weighted by Gasteiger charge is 2.24. The molecule has 0 saturated heterocycles. The fourth-order valence-corrected chi connectivity index (χ4v) is 2.04. The van der Waals surface area contributed by atoms with Crippen LogP contribution in [0, 0.1) is 0 Å². The number of aliphatic imine (C=N–C) groups is 1. The third-order valence-electron chi connectivity index (χ3n) is 2.81. The minimum atomic E-state index is 0.459. The van der Waals surface area contributed by atoms with E-state index in [-0.39, 0.29) is 0 Å². The largest absolute Gasteiger partial charge is 0.352 e. The van der Waals surface area contributed by atoms with Crippen molar-refractivity contribution < 1.29 is 0 Å². The predicted molar refractivity (Wildman–Crippen MR) is 59.5 cm³/mol. The van der Waals surface area contributed by atoms with Gasteiger partial charge in [-0.1, -0.05) is 30.3 Å². The van der Waals surface area contributed by atoms with Crippen LogP contribution in [0.5, 0.6) is 0 Å². The lowest BCUT2D eigenvalue weighted by Crippen LogP contribution is -2.28. The number of hydrogen-bond acceptors (Lipinski definition) is 2. The van der Waals surface area contributed by atoms with Gasteiger partial charge in [-0.25, -0.2) is 0 Å². The lowest BCUT2D eigenvalue weighted by atomic mass is 10.1. The average Bonchev–Trinajstić information content (AvgIpc) is 2.61. The topological polar surface area (TPSA) is 15.6 Å². The Kier molecular flexibility index (Phi) is 2.53. The van der Waals surface area contributed by atoms with Crippen molar-refractivity contribution in [3.05, 3.63) is 35.9 Å². The van der Waals surface area contributed by atoms with E-state index < -0.39 is 0 Å². The monoisotopic (exact) mass is 188 g/mol. The number of benzene rings is 1. The summed E-state index contributed by atoms with van der Waals surface area (Å²) in [5.41, 5.74) is 1.37. The first-order valence-electron chi connectivity index (χ1n) is 5.15. The molecule has 1 aliphatic heterocycles. The van der Waals surface area contributed by atoms with E-state index in [2.05, 4.69) is 54.1 Å². The minimum Gasteiger partial charge on any atom is -0.352 e. The van der Waals surface area contributed by atoms with Crippen LogP contribution < -0.4 is 0 Å². The van der Waals surface area contributed by atoms with Crippen LogP contribution in [0.2, 0.25) is 0 Å². The maximum Gasteiger partial charge on any atom is 0.0964 e. The Morgan fingerprint density at radius 2 is 2.07 bits per heavy atom. The first kappa shape index (κ1) is 9.25. The van der Waals surface area contributed by atoms with Crippen LogP contribution >= 0.6 is 0 Å². The lowest BCUT2D eigenvalue weighted by Gasteiger charge is -2.25. The summed E-state index contributed by atoms with van der Waals surface area (Å²) in [5.74, 6) is 1.17. The smallest absolute Gasteiger partial charge is 0.0964 e. The van der Waals surface area contributed by atoms with Gasteiger partial charge in [-0.2, -0.15) is 0 Å². The molecule has 0 spiro atoms. The van der Waals surface area contributed by atoms with E-state index in [0.29, 0.717) is 6.04 Å². The van der Waals surface area contributed by atoms with Gasteiger partial charge in [0.25, 0.3) is 0 Å². The molecule has 1 heterocycles. The molecule has 2 heteroatoms. The molecule has 0 saturated carbocycles. The Morgan fingerprint density at radius 1 is 1.36 bits per heavy atom. The van der Waals surface area contributed by atoms with E-state index in [9.17, 15) is 0 Å². The minimum absolute atomic E-state index is 0.459. The molecule has 0 bridgehead atoms. The highest BCUT2D eigenvalue weighted by atomic mass is 15.3. The van der Waals surface area contributed by atoms with Gasteiger partial charge in [0.05, 0.1) is 18.4 Å². The summed E-state index contributed by atoms with van der Waals surface area (Å²) in [4.78, 5) is 6.85. The van der Waals surface area contributed by atoms with Crippen molar-refractivity contribution in [3.63, 3.8) is 0 Å². The molecule has 1 aliphatic rings. The zero-order valence-electron chi connectivity index (χ0n) is 8.77. The molecule has 0 aliphatic carbocycles. The molecule has 0 amide bonds. The Bertz CT molecular complexity index is 329. The summed E-state index contributed by atoms with van der Waals surface area (Å²) in [7, 11) is 0. The molecule has 0 radical (unpaired) electrons. The Labute approximate surface area is 85.3 Å². The molecular formula is C12H16N2. The van der Waals surface area contributed by atoms with E-state index in [0.717, 1.165) is 13.1 Å². The van der Waals surface area contributed by atoms with Crippen molar-refractivity contribution >= 4 is 5.84 Å². The number of likely N-dealkylation sites (N-methyl/N-ethyl adjacent to an activating group) is 1. The van der Waals surface area contributed by atoms with Gasteiger partial charge in [0, 0.05) is 6.54 Å². The fraction of sp³-hybridized carbons (Fsp3) is 0.417. The van der Waals surface area contributed by atoms with Crippen molar-refractivity contribution in [1.82, 2.24) is 4.90 Å². The second-order valence-corrected chi connectivity index (χ2v) is 3.60. The van der Waals surface area contributed by atoms with Crippen LogP contribution in [0.15, 0.2) is 35.3 Å². The molecule has 2 rings (SSSR count). The number of nitrogens with zero attached hydrogens (tertiary/aromatic N) is 2. The van der Waals surface area contributed by atoms with Gasteiger partial charge < -0.3 is 4.90 Å². The van der Waals surface area contributed by atoms with Gasteiger partial charge in [-0.3, -0.25) is 4.99 Å². The molecule has 0 N–H and O–H groups in total. The van der Waals surface area contributed by atoms with Crippen LogP contribution in [-0.2, 0) is 0 Å². The molecule has 1 aromatic carbocycles. The SMILES string of the molecule is CCN1C(C)=NCC1c1ccccc1. The van der Waals surface area contributed by atoms with Crippen LogP contribution in [0.25, 0.3) is 0 Å². The molecule has 1 aromatic rings. The molecule has 14 heavy (non-hydrogen) atoms. The Morgan fingerprint density at radius 3 is 2.71 bits per heavy atom. The van der Waals surface area contributed by atoms with Gasteiger partial charge >= 0.3 is 0 Å². The fourth-order valence-electron chi connectivity index (χ4n) is 2.04. The maximum absolute atomic E-state index is 4.49. The van der Waals surface area contributed by atoms with Crippen LogP contribution in [0.1, 0.15) is 25.5 Å². The highest BCUT2D eigenvalue weighted by Crippen LogP contribution is 2.25. The third kappa shape index (κ3) is 1.52. The first-order chi connectivity index (χ1) is 6.83. The standard InChI is InChI=1S/C12H16N2/c1-3-14-10(2)13-9-12(14)11-7-5-4-6-8-11/h4-8,12H,3,9H2,1-2H3. The summed E-state index contributed by atoms with van der Waals surface area (Å²) < 4.78 is 0. The quantitative estimate of drug-likeness (QED) is 0.696. The van der Waals surface area contributed by atoms with Gasteiger partial charge in [0.2, 0.25) is 0 Å². The number of rotatable bonds is 2. The van der Waals surface area contributed by atoms with Crippen molar-refractivity contribution in [2.75, 3.05) is 13.1 Å². The normalized spacial score (nSPS) is 21.1. The van der Waals surface area contributed by atoms with Crippen molar-refractivity contribution in [3.8, 4) is 0 Å².